The third kappa shape index (κ3) is 3.39. The zero-order valence-corrected chi connectivity index (χ0v) is 11.3. The van der Waals surface area contributed by atoms with Crippen molar-refractivity contribution in [1.82, 2.24) is 14.5 Å². The van der Waals surface area contributed by atoms with Crippen LogP contribution in [0.1, 0.15) is 17.0 Å². The Morgan fingerprint density at radius 2 is 2.16 bits per heavy atom. The summed E-state index contributed by atoms with van der Waals surface area (Å²) in [5, 5.41) is 0. The predicted molar refractivity (Wildman–Crippen MR) is 72.7 cm³/mol. The van der Waals surface area contributed by atoms with E-state index in [0.717, 1.165) is 11.4 Å². The maximum Gasteiger partial charge on any atom is 0.127 e. The molecule has 0 amide bonds. The summed E-state index contributed by atoms with van der Waals surface area (Å²) in [5.41, 5.74) is 7.19. The molecule has 5 heteroatoms. The molecule has 0 atom stereocenters. The molecule has 0 saturated carbocycles. The van der Waals surface area contributed by atoms with Crippen LogP contribution in [0.3, 0.4) is 0 Å². The maximum absolute atomic E-state index is 13.7. The Bertz CT molecular complexity index is 550. The van der Waals surface area contributed by atoms with Gasteiger partial charge >= 0.3 is 0 Å². The highest BCUT2D eigenvalue weighted by atomic mass is 19.1. The highest BCUT2D eigenvalue weighted by molar-refractivity contribution is 5.25. The van der Waals surface area contributed by atoms with Crippen molar-refractivity contribution >= 4 is 0 Å². The summed E-state index contributed by atoms with van der Waals surface area (Å²) in [4.78, 5) is 6.29. The first-order valence-electron chi connectivity index (χ1n) is 6.22. The van der Waals surface area contributed by atoms with E-state index in [-0.39, 0.29) is 5.82 Å². The number of hydrogen-bond acceptors (Lipinski definition) is 3. The van der Waals surface area contributed by atoms with E-state index >= 15 is 0 Å². The van der Waals surface area contributed by atoms with Gasteiger partial charge in [0.1, 0.15) is 11.6 Å². The standard InChI is InChI=1S/C14H19FN4/c1-18(10-14-17-5-6-19(14)2)9-12-7-11(8-16)3-4-13(12)15/h3-7H,8-10,16H2,1-2H3. The third-order valence-corrected chi connectivity index (χ3v) is 3.12. The normalized spacial score (nSPS) is 11.2. The number of halogens is 1. The van der Waals surface area contributed by atoms with Crippen molar-refractivity contribution in [3.8, 4) is 0 Å². The molecule has 0 aliphatic rings. The fourth-order valence-electron chi connectivity index (χ4n) is 2.01. The molecule has 0 aliphatic carbocycles. The highest BCUT2D eigenvalue weighted by Gasteiger charge is 2.09. The lowest BCUT2D eigenvalue weighted by atomic mass is 10.1. The fourth-order valence-corrected chi connectivity index (χ4v) is 2.01. The van der Waals surface area contributed by atoms with Gasteiger partial charge in [0.25, 0.3) is 0 Å². The van der Waals surface area contributed by atoms with Gasteiger partial charge in [0.05, 0.1) is 6.54 Å². The molecular formula is C14H19FN4. The smallest absolute Gasteiger partial charge is 0.127 e. The van der Waals surface area contributed by atoms with Crippen molar-refractivity contribution in [1.29, 1.82) is 0 Å². The topological polar surface area (TPSA) is 47.1 Å². The molecule has 2 rings (SSSR count). The van der Waals surface area contributed by atoms with E-state index in [9.17, 15) is 4.39 Å². The Labute approximate surface area is 112 Å². The van der Waals surface area contributed by atoms with Gasteiger partial charge in [-0.25, -0.2) is 9.37 Å². The minimum absolute atomic E-state index is 0.191. The van der Waals surface area contributed by atoms with E-state index in [1.807, 2.05) is 35.8 Å². The van der Waals surface area contributed by atoms with E-state index in [4.69, 9.17) is 5.73 Å². The largest absolute Gasteiger partial charge is 0.337 e. The van der Waals surface area contributed by atoms with E-state index < -0.39 is 0 Å². The second kappa shape index (κ2) is 5.95. The minimum atomic E-state index is -0.191. The number of hydrogen-bond donors (Lipinski definition) is 1. The number of aromatic nitrogens is 2. The average Bonchev–Trinajstić information content (AvgIpc) is 2.78. The molecule has 2 N–H and O–H groups in total. The van der Waals surface area contributed by atoms with Gasteiger partial charge in [0, 0.05) is 38.1 Å². The summed E-state index contributed by atoms with van der Waals surface area (Å²) >= 11 is 0. The molecule has 4 nitrogen and oxygen atoms in total. The Balaban J connectivity index is 2.06. The van der Waals surface area contributed by atoms with E-state index in [2.05, 4.69) is 4.98 Å². The molecule has 2 aromatic rings. The van der Waals surface area contributed by atoms with Crippen LogP contribution in [0.2, 0.25) is 0 Å². The Hall–Kier alpha value is -1.72. The quantitative estimate of drug-likeness (QED) is 0.891. The number of aryl methyl sites for hydroxylation is 1. The second-order valence-corrected chi connectivity index (χ2v) is 4.76. The molecule has 0 saturated heterocycles. The van der Waals surface area contributed by atoms with Gasteiger partial charge in [-0.15, -0.1) is 0 Å². The molecule has 1 aromatic carbocycles. The summed E-state index contributed by atoms with van der Waals surface area (Å²) < 4.78 is 15.7. The SMILES string of the molecule is CN(Cc1cc(CN)ccc1F)Cc1nccn1C. The van der Waals surface area contributed by atoms with Crippen LogP contribution in [0.5, 0.6) is 0 Å². The zero-order valence-electron chi connectivity index (χ0n) is 11.3. The number of nitrogens with two attached hydrogens (primary N) is 1. The van der Waals surface area contributed by atoms with Gasteiger partial charge in [-0.05, 0) is 18.7 Å². The molecule has 19 heavy (non-hydrogen) atoms. The van der Waals surface area contributed by atoms with E-state index in [1.165, 1.54) is 6.07 Å². The van der Waals surface area contributed by atoms with Crippen LogP contribution in [0.15, 0.2) is 30.6 Å². The molecule has 0 spiro atoms. The van der Waals surface area contributed by atoms with Gasteiger partial charge in [0.2, 0.25) is 0 Å². The number of rotatable bonds is 5. The lowest BCUT2D eigenvalue weighted by Crippen LogP contribution is -2.20. The van der Waals surface area contributed by atoms with Crippen molar-refractivity contribution in [2.75, 3.05) is 7.05 Å². The molecular weight excluding hydrogens is 243 g/mol. The summed E-state index contributed by atoms with van der Waals surface area (Å²) in [7, 11) is 3.90. The third-order valence-electron chi connectivity index (χ3n) is 3.12. The molecule has 0 radical (unpaired) electrons. The lowest BCUT2D eigenvalue weighted by molar-refractivity contribution is 0.302. The molecule has 1 heterocycles. The Kier molecular flexibility index (Phi) is 4.29. The van der Waals surface area contributed by atoms with E-state index in [1.54, 1.807) is 12.3 Å². The molecule has 0 aliphatic heterocycles. The van der Waals surface area contributed by atoms with Crippen molar-refractivity contribution in [3.05, 3.63) is 53.4 Å². The average molecular weight is 262 g/mol. The maximum atomic E-state index is 13.7. The molecule has 1 aromatic heterocycles. The number of imidazole rings is 1. The summed E-state index contributed by atoms with van der Waals surface area (Å²) in [6.07, 6.45) is 3.66. The second-order valence-electron chi connectivity index (χ2n) is 4.76. The zero-order chi connectivity index (χ0) is 13.8. The first kappa shape index (κ1) is 13.7. The molecule has 0 bridgehead atoms. The summed E-state index contributed by atoms with van der Waals surface area (Å²) in [6.45, 7) is 1.64. The summed E-state index contributed by atoms with van der Waals surface area (Å²) in [6, 6.07) is 5.02. The fraction of sp³-hybridized carbons (Fsp3) is 0.357. The Morgan fingerprint density at radius 1 is 1.37 bits per heavy atom. The molecule has 0 fully saturated rings. The van der Waals surface area contributed by atoms with Crippen LogP contribution in [-0.2, 0) is 26.7 Å². The summed E-state index contributed by atoms with van der Waals surface area (Å²) in [5.74, 6) is 0.766. The first-order valence-corrected chi connectivity index (χ1v) is 6.22. The van der Waals surface area contributed by atoms with Crippen molar-refractivity contribution in [3.63, 3.8) is 0 Å². The van der Waals surface area contributed by atoms with Crippen LogP contribution in [0, 0.1) is 5.82 Å². The monoisotopic (exact) mass is 262 g/mol. The van der Waals surface area contributed by atoms with Crippen LogP contribution in [0.25, 0.3) is 0 Å². The van der Waals surface area contributed by atoms with Gasteiger partial charge in [-0.1, -0.05) is 12.1 Å². The highest BCUT2D eigenvalue weighted by Crippen LogP contribution is 2.13. The van der Waals surface area contributed by atoms with Crippen LogP contribution >= 0.6 is 0 Å². The lowest BCUT2D eigenvalue weighted by Gasteiger charge is -2.17. The molecule has 102 valence electrons. The van der Waals surface area contributed by atoms with Gasteiger partial charge in [-0.2, -0.15) is 0 Å². The van der Waals surface area contributed by atoms with Gasteiger partial charge in [0.15, 0.2) is 0 Å². The predicted octanol–water partition coefficient (Wildman–Crippen LogP) is 1.65. The molecule has 0 unspecified atom stereocenters. The minimum Gasteiger partial charge on any atom is -0.337 e. The van der Waals surface area contributed by atoms with Crippen LogP contribution in [-0.4, -0.2) is 21.5 Å². The van der Waals surface area contributed by atoms with Crippen molar-refractivity contribution < 1.29 is 4.39 Å². The number of benzene rings is 1. The van der Waals surface area contributed by atoms with Crippen molar-refractivity contribution in [2.24, 2.45) is 12.8 Å². The van der Waals surface area contributed by atoms with Gasteiger partial charge < -0.3 is 10.3 Å². The van der Waals surface area contributed by atoms with Crippen LogP contribution < -0.4 is 5.73 Å². The number of nitrogens with zero attached hydrogens (tertiary/aromatic N) is 3. The van der Waals surface area contributed by atoms with Gasteiger partial charge in [-0.3, -0.25) is 4.90 Å². The Morgan fingerprint density at radius 3 is 2.79 bits per heavy atom. The van der Waals surface area contributed by atoms with Crippen LogP contribution in [0.4, 0.5) is 4.39 Å². The first-order chi connectivity index (χ1) is 9.10. The van der Waals surface area contributed by atoms with Crippen molar-refractivity contribution in [2.45, 2.75) is 19.6 Å². The van der Waals surface area contributed by atoms with E-state index in [0.29, 0.717) is 25.2 Å².